The van der Waals surface area contributed by atoms with Gasteiger partial charge in [0.25, 0.3) is 5.91 Å². The van der Waals surface area contributed by atoms with E-state index in [9.17, 15) is 9.90 Å². The van der Waals surface area contributed by atoms with Crippen molar-refractivity contribution in [2.45, 2.75) is 32.8 Å². The fourth-order valence-corrected chi connectivity index (χ4v) is 3.45. The second-order valence-corrected chi connectivity index (χ2v) is 6.64. The Bertz CT molecular complexity index is 1000. The highest BCUT2D eigenvalue weighted by Gasteiger charge is 2.22. The lowest BCUT2D eigenvalue weighted by Gasteiger charge is -2.21. The van der Waals surface area contributed by atoms with E-state index in [2.05, 4.69) is 5.32 Å². The highest BCUT2D eigenvalue weighted by atomic mass is 16.3. The second kappa shape index (κ2) is 7.29. The molecule has 4 rings (SSSR count). The standard InChI is InChI=1S/C22H21N3O2/c1-2-18-21(25-22(27)15-6-4-3-5-7-15)24-19-11-9-16-12-14(13-26)8-10-17(16)20(19)23-18/h3-8,10,12,26H,2,9,11,13H2,1H3,(H,24,25,27). The Kier molecular flexibility index (Phi) is 4.69. The minimum Gasteiger partial charge on any atom is -0.392 e. The zero-order valence-corrected chi connectivity index (χ0v) is 15.2. The normalized spacial score (nSPS) is 12.2. The van der Waals surface area contributed by atoms with Gasteiger partial charge in [-0.1, -0.05) is 43.3 Å². The average molecular weight is 359 g/mol. The lowest BCUT2D eigenvalue weighted by molar-refractivity contribution is 0.102. The fraction of sp³-hybridized carbons (Fsp3) is 0.227. The maximum absolute atomic E-state index is 12.5. The third-order valence-corrected chi connectivity index (χ3v) is 4.88. The highest BCUT2D eigenvalue weighted by molar-refractivity contribution is 6.04. The Balaban J connectivity index is 1.71. The van der Waals surface area contributed by atoms with E-state index >= 15 is 0 Å². The molecule has 0 atom stereocenters. The van der Waals surface area contributed by atoms with Crippen LogP contribution in [-0.2, 0) is 25.9 Å². The summed E-state index contributed by atoms with van der Waals surface area (Å²) in [4.78, 5) is 22.1. The number of hydrogen-bond acceptors (Lipinski definition) is 4. The Morgan fingerprint density at radius 2 is 1.93 bits per heavy atom. The number of aromatic nitrogens is 2. The van der Waals surface area contributed by atoms with E-state index in [4.69, 9.17) is 9.97 Å². The van der Waals surface area contributed by atoms with E-state index in [0.29, 0.717) is 17.8 Å². The number of nitrogens with one attached hydrogen (secondary N) is 1. The number of hydrogen-bond donors (Lipinski definition) is 2. The Hall–Kier alpha value is -3.05. The average Bonchev–Trinajstić information content (AvgIpc) is 2.73. The molecule has 2 aromatic carbocycles. The molecule has 3 aromatic rings. The van der Waals surface area contributed by atoms with Crippen molar-refractivity contribution >= 4 is 11.7 Å². The van der Waals surface area contributed by atoms with Gasteiger partial charge in [-0.25, -0.2) is 9.97 Å². The van der Waals surface area contributed by atoms with Gasteiger partial charge in [0.05, 0.1) is 23.7 Å². The van der Waals surface area contributed by atoms with Gasteiger partial charge in [-0.2, -0.15) is 0 Å². The molecule has 1 aromatic heterocycles. The Morgan fingerprint density at radius 3 is 2.67 bits per heavy atom. The van der Waals surface area contributed by atoms with Crippen molar-refractivity contribution in [2.75, 3.05) is 5.32 Å². The summed E-state index contributed by atoms with van der Waals surface area (Å²) in [5.41, 5.74) is 6.32. The molecule has 0 fully saturated rings. The van der Waals surface area contributed by atoms with Crippen molar-refractivity contribution in [2.24, 2.45) is 0 Å². The van der Waals surface area contributed by atoms with E-state index in [-0.39, 0.29) is 12.5 Å². The van der Waals surface area contributed by atoms with Crippen LogP contribution in [0.3, 0.4) is 0 Å². The molecule has 1 aliphatic carbocycles. The van der Waals surface area contributed by atoms with Crippen LogP contribution in [0.5, 0.6) is 0 Å². The number of nitrogens with zero attached hydrogens (tertiary/aromatic N) is 2. The number of benzene rings is 2. The van der Waals surface area contributed by atoms with Crippen molar-refractivity contribution in [3.8, 4) is 11.3 Å². The molecule has 0 saturated carbocycles. The lowest BCUT2D eigenvalue weighted by atomic mass is 9.90. The first-order valence-corrected chi connectivity index (χ1v) is 9.18. The molecule has 0 aliphatic heterocycles. The fourth-order valence-electron chi connectivity index (χ4n) is 3.45. The van der Waals surface area contributed by atoms with E-state index in [1.807, 2.05) is 43.3 Å². The zero-order chi connectivity index (χ0) is 18.8. The first-order valence-electron chi connectivity index (χ1n) is 9.18. The molecule has 0 radical (unpaired) electrons. The molecular weight excluding hydrogens is 338 g/mol. The quantitative estimate of drug-likeness (QED) is 0.747. The molecule has 2 N–H and O–H groups in total. The number of amides is 1. The van der Waals surface area contributed by atoms with Crippen molar-refractivity contribution in [1.29, 1.82) is 0 Å². The molecule has 1 heterocycles. The molecule has 5 heteroatoms. The van der Waals surface area contributed by atoms with Crippen LogP contribution in [0, 0.1) is 0 Å². The van der Waals surface area contributed by atoms with Crippen molar-refractivity contribution in [3.05, 3.63) is 76.6 Å². The van der Waals surface area contributed by atoms with Gasteiger partial charge in [-0.05, 0) is 42.5 Å². The summed E-state index contributed by atoms with van der Waals surface area (Å²) in [5, 5.41) is 12.3. The monoisotopic (exact) mass is 359 g/mol. The van der Waals surface area contributed by atoms with Crippen LogP contribution in [0.25, 0.3) is 11.3 Å². The predicted molar refractivity (Wildman–Crippen MR) is 105 cm³/mol. The molecule has 27 heavy (non-hydrogen) atoms. The SMILES string of the molecule is CCc1nc2c(nc1NC(=O)c1ccccc1)CCc1cc(CO)ccc1-2. The number of aliphatic hydroxyl groups excluding tert-OH is 1. The maximum Gasteiger partial charge on any atom is 0.256 e. The lowest BCUT2D eigenvalue weighted by Crippen LogP contribution is -2.18. The van der Waals surface area contributed by atoms with Crippen LogP contribution in [-0.4, -0.2) is 21.0 Å². The third kappa shape index (κ3) is 3.34. The van der Waals surface area contributed by atoms with Crippen LogP contribution in [0.2, 0.25) is 0 Å². The molecular formula is C22H21N3O2. The molecule has 1 aliphatic rings. The predicted octanol–water partition coefficient (Wildman–Crippen LogP) is 3.55. The molecule has 0 saturated heterocycles. The number of carbonyl (C=O) groups is 1. The minimum atomic E-state index is -0.177. The molecule has 0 unspecified atom stereocenters. The van der Waals surface area contributed by atoms with Crippen LogP contribution in [0.4, 0.5) is 5.82 Å². The van der Waals surface area contributed by atoms with Crippen LogP contribution >= 0.6 is 0 Å². The number of carbonyl (C=O) groups excluding carboxylic acids is 1. The van der Waals surface area contributed by atoms with Crippen LogP contribution in [0.1, 0.15) is 39.8 Å². The van der Waals surface area contributed by atoms with E-state index in [1.165, 1.54) is 5.56 Å². The third-order valence-electron chi connectivity index (χ3n) is 4.88. The van der Waals surface area contributed by atoms with Crippen molar-refractivity contribution < 1.29 is 9.90 Å². The number of fused-ring (bicyclic) bond motifs is 3. The van der Waals surface area contributed by atoms with Crippen LogP contribution in [0.15, 0.2) is 48.5 Å². The molecule has 5 nitrogen and oxygen atoms in total. The number of aliphatic hydroxyl groups is 1. The van der Waals surface area contributed by atoms with Crippen molar-refractivity contribution in [3.63, 3.8) is 0 Å². The van der Waals surface area contributed by atoms with Gasteiger partial charge >= 0.3 is 0 Å². The summed E-state index contributed by atoms with van der Waals surface area (Å²) in [6, 6.07) is 15.1. The first kappa shape index (κ1) is 17.4. The smallest absolute Gasteiger partial charge is 0.256 e. The number of aryl methyl sites for hydroxylation is 3. The highest BCUT2D eigenvalue weighted by Crippen LogP contribution is 2.33. The minimum absolute atomic E-state index is 0.0382. The largest absolute Gasteiger partial charge is 0.392 e. The summed E-state index contributed by atoms with van der Waals surface area (Å²) >= 11 is 0. The van der Waals surface area contributed by atoms with E-state index in [0.717, 1.165) is 41.1 Å². The zero-order valence-electron chi connectivity index (χ0n) is 15.2. The number of rotatable bonds is 4. The summed E-state index contributed by atoms with van der Waals surface area (Å²) in [7, 11) is 0. The van der Waals surface area contributed by atoms with E-state index < -0.39 is 0 Å². The summed E-state index contributed by atoms with van der Waals surface area (Å²) < 4.78 is 0. The molecule has 136 valence electrons. The Labute approximate surface area is 158 Å². The second-order valence-electron chi connectivity index (χ2n) is 6.64. The Morgan fingerprint density at radius 1 is 1.11 bits per heavy atom. The van der Waals surface area contributed by atoms with Gasteiger partial charge in [0.1, 0.15) is 0 Å². The van der Waals surface area contributed by atoms with Gasteiger partial charge in [0.2, 0.25) is 0 Å². The summed E-state index contributed by atoms with van der Waals surface area (Å²) in [6.07, 6.45) is 2.29. The molecule has 0 bridgehead atoms. The molecule has 1 amide bonds. The van der Waals surface area contributed by atoms with Crippen molar-refractivity contribution in [1.82, 2.24) is 9.97 Å². The van der Waals surface area contributed by atoms with E-state index in [1.54, 1.807) is 12.1 Å². The van der Waals surface area contributed by atoms with Gasteiger partial charge in [-0.3, -0.25) is 4.79 Å². The number of anilines is 1. The maximum atomic E-state index is 12.5. The van der Waals surface area contributed by atoms with Gasteiger partial charge in [0.15, 0.2) is 5.82 Å². The molecule has 0 spiro atoms. The first-order chi connectivity index (χ1) is 13.2. The topological polar surface area (TPSA) is 75.1 Å². The van der Waals surface area contributed by atoms with Gasteiger partial charge in [0, 0.05) is 11.1 Å². The van der Waals surface area contributed by atoms with Crippen LogP contribution < -0.4 is 5.32 Å². The summed E-state index contributed by atoms with van der Waals surface area (Å²) in [5.74, 6) is 0.365. The van der Waals surface area contributed by atoms with Gasteiger partial charge < -0.3 is 10.4 Å². The van der Waals surface area contributed by atoms with Gasteiger partial charge in [-0.15, -0.1) is 0 Å². The summed E-state index contributed by atoms with van der Waals surface area (Å²) in [6.45, 7) is 2.05.